The van der Waals surface area contributed by atoms with Crippen molar-refractivity contribution in [2.75, 3.05) is 0 Å². The lowest BCUT2D eigenvalue weighted by molar-refractivity contribution is 0.627. The van der Waals surface area contributed by atoms with Crippen molar-refractivity contribution in [1.29, 1.82) is 0 Å². The molecule has 0 aliphatic carbocycles. The molecule has 0 aromatic heterocycles. The molecule has 98 valence electrons. The van der Waals surface area contributed by atoms with Crippen molar-refractivity contribution in [2.45, 2.75) is 26.8 Å². The van der Waals surface area contributed by atoms with Crippen LogP contribution in [-0.2, 0) is 0 Å². The van der Waals surface area contributed by atoms with E-state index in [9.17, 15) is 4.39 Å². The van der Waals surface area contributed by atoms with Gasteiger partial charge in [0.1, 0.15) is 5.82 Å². The Morgan fingerprint density at radius 1 is 1.05 bits per heavy atom. The number of halogens is 1. The molecule has 19 heavy (non-hydrogen) atoms. The van der Waals surface area contributed by atoms with E-state index in [4.69, 9.17) is 0 Å². The number of aryl methyl sites for hydroxylation is 1. The van der Waals surface area contributed by atoms with Gasteiger partial charge in [0.2, 0.25) is 0 Å². The Morgan fingerprint density at radius 3 is 2.47 bits per heavy atom. The highest BCUT2D eigenvalue weighted by Crippen LogP contribution is 2.26. The Balaban J connectivity index is 2.50. The van der Waals surface area contributed by atoms with Gasteiger partial charge in [-0.25, -0.2) is 4.39 Å². The van der Waals surface area contributed by atoms with Gasteiger partial charge < -0.3 is 0 Å². The fraction of sp³-hybridized carbons (Fsp3) is 0.235. The summed E-state index contributed by atoms with van der Waals surface area (Å²) in [5, 5.41) is 0. The fourth-order valence-electron chi connectivity index (χ4n) is 2.01. The number of benzene rings is 2. The minimum Gasteiger partial charge on any atom is -0.290 e. The third-order valence-corrected chi connectivity index (χ3v) is 2.95. The molecule has 0 heterocycles. The molecule has 0 unspecified atom stereocenters. The summed E-state index contributed by atoms with van der Waals surface area (Å²) < 4.78 is 13.2. The Hall–Kier alpha value is -1.96. The lowest BCUT2D eigenvalue weighted by Gasteiger charge is -2.09. The summed E-state index contributed by atoms with van der Waals surface area (Å²) in [6.07, 6.45) is 1.89. The third-order valence-electron chi connectivity index (χ3n) is 2.95. The van der Waals surface area contributed by atoms with E-state index < -0.39 is 0 Å². The summed E-state index contributed by atoms with van der Waals surface area (Å²) >= 11 is 0. The van der Waals surface area contributed by atoms with Crippen LogP contribution in [0.5, 0.6) is 0 Å². The molecular formula is C17H18FN. The van der Waals surface area contributed by atoms with Gasteiger partial charge in [-0.1, -0.05) is 30.3 Å². The van der Waals surface area contributed by atoms with E-state index in [0.29, 0.717) is 0 Å². The second-order valence-electron chi connectivity index (χ2n) is 4.92. The molecule has 2 aromatic rings. The van der Waals surface area contributed by atoms with E-state index in [1.54, 1.807) is 6.07 Å². The number of nitrogens with zero attached hydrogens (tertiary/aromatic N) is 1. The first-order valence-corrected chi connectivity index (χ1v) is 6.46. The Bertz CT molecular complexity index is 600. The Kier molecular flexibility index (Phi) is 4.10. The highest BCUT2D eigenvalue weighted by Gasteiger charge is 2.06. The summed E-state index contributed by atoms with van der Waals surface area (Å²) in [6, 6.07) is 13.2. The first kappa shape index (κ1) is 13.5. The summed E-state index contributed by atoms with van der Waals surface area (Å²) in [6.45, 7) is 6.01. The predicted octanol–water partition coefficient (Wildman–Crippen LogP) is 4.63. The van der Waals surface area contributed by atoms with Crippen LogP contribution in [0.25, 0.3) is 11.1 Å². The fourth-order valence-corrected chi connectivity index (χ4v) is 2.01. The zero-order valence-corrected chi connectivity index (χ0v) is 11.5. The van der Waals surface area contributed by atoms with Crippen molar-refractivity contribution < 1.29 is 4.39 Å². The largest absolute Gasteiger partial charge is 0.290 e. The maximum Gasteiger partial charge on any atom is 0.123 e. The molecular weight excluding hydrogens is 237 g/mol. The second kappa shape index (κ2) is 5.79. The average molecular weight is 255 g/mol. The predicted molar refractivity (Wildman–Crippen MR) is 79.3 cm³/mol. The minimum atomic E-state index is -0.199. The number of aliphatic imine (C=N–C) groups is 1. The Labute approximate surface area is 113 Å². The molecule has 2 rings (SSSR count). The van der Waals surface area contributed by atoms with Gasteiger partial charge in [0.05, 0.1) is 0 Å². The van der Waals surface area contributed by atoms with E-state index in [0.717, 1.165) is 22.3 Å². The number of hydrogen-bond donors (Lipinski definition) is 0. The molecule has 1 nitrogen and oxygen atoms in total. The van der Waals surface area contributed by atoms with Crippen LogP contribution in [0.4, 0.5) is 4.39 Å². The van der Waals surface area contributed by atoms with Crippen LogP contribution < -0.4 is 0 Å². The van der Waals surface area contributed by atoms with E-state index in [2.05, 4.69) is 4.99 Å². The van der Waals surface area contributed by atoms with Gasteiger partial charge in [-0.05, 0) is 49.6 Å². The van der Waals surface area contributed by atoms with Crippen LogP contribution in [0.3, 0.4) is 0 Å². The molecule has 0 spiro atoms. The summed E-state index contributed by atoms with van der Waals surface area (Å²) in [4.78, 5) is 4.43. The molecule has 0 amide bonds. The van der Waals surface area contributed by atoms with E-state index in [1.165, 1.54) is 6.07 Å². The van der Waals surface area contributed by atoms with E-state index >= 15 is 0 Å². The lowest BCUT2D eigenvalue weighted by atomic mass is 9.96. The van der Waals surface area contributed by atoms with Crippen molar-refractivity contribution in [3.63, 3.8) is 0 Å². The van der Waals surface area contributed by atoms with Crippen molar-refractivity contribution in [3.8, 4) is 11.1 Å². The normalized spacial score (nSPS) is 11.4. The average Bonchev–Trinajstić information content (AvgIpc) is 2.37. The SMILES string of the molecule is Cc1cc(F)ccc1-c1ccccc1C=NC(C)C. The van der Waals surface area contributed by atoms with Gasteiger partial charge in [-0.2, -0.15) is 0 Å². The van der Waals surface area contributed by atoms with Gasteiger partial charge in [-0.15, -0.1) is 0 Å². The molecule has 0 aliphatic heterocycles. The molecule has 0 N–H and O–H groups in total. The molecule has 2 heteroatoms. The molecule has 0 bridgehead atoms. The number of rotatable bonds is 3. The summed E-state index contributed by atoms with van der Waals surface area (Å²) in [5.41, 5.74) is 4.13. The number of hydrogen-bond acceptors (Lipinski definition) is 1. The maximum absolute atomic E-state index is 13.2. The standard InChI is InChI=1S/C17H18FN/c1-12(2)19-11-14-6-4-5-7-17(14)16-9-8-15(18)10-13(16)3/h4-12H,1-3H3. The first-order chi connectivity index (χ1) is 9.08. The van der Waals surface area contributed by atoms with Gasteiger partial charge in [0.15, 0.2) is 0 Å². The van der Waals surface area contributed by atoms with Gasteiger partial charge in [0, 0.05) is 17.8 Å². The van der Waals surface area contributed by atoms with E-state index in [1.807, 2.05) is 57.3 Å². The molecule has 0 radical (unpaired) electrons. The summed E-state index contributed by atoms with van der Waals surface area (Å²) in [5.74, 6) is -0.199. The van der Waals surface area contributed by atoms with Gasteiger partial charge >= 0.3 is 0 Å². The molecule has 0 saturated heterocycles. The highest BCUT2D eigenvalue weighted by molar-refractivity contribution is 5.91. The van der Waals surface area contributed by atoms with Crippen LogP contribution in [0.2, 0.25) is 0 Å². The van der Waals surface area contributed by atoms with Crippen molar-refractivity contribution in [3.05, 3.63) is 59.4 Å². The minimum absolute atomic E-state index is 0.199. The summed E-state index contributed by atoms with van der Waals surface area (Å²) in [7, 11) is 0. The Morgan fingerprint density at radius 2 is 1.79 bits per heavy atom. The van der Waals surface area contributed by atoms with Crippen LogP contribution in [0, 0.1) is 12.7 Å². The lowest BCUT2D eigenvalue weighted by Crippen LogP contribution is -1.94. The molecule has 0 atom stereocenters. The van der Waals surface area contributed by atoms with E-state index in [-0.39, 0.29) is 11.9 Å². The second-order valence-corrected chi connectivity index (χ2v) is 4.92. The first-order valence-electron chi connectivity index (χ1n) is 6.46. The molecule has 0 aliphatic rings. The molecule has 0 fully saturated rings. The maximum atomic E-state index is 13.2. The topological polar surface area (TPSA) is 12.4 Å². The van der Waals surface area contributed by atoms with Crippen molar-refractivity contribution >= 4 is 6.21 Å². The zero-order valence-electron chi connectivity index (χ0n) is 11.5. The monoisotopic (exact) mass is 255 g/mol. The van der Waals surface area contributed by atoms with Crippen LogP contribution in [0.15, 0.2) is 47.5 Å². The van der Waals surface area contributed by atoms with Gasteiger partial charge in [-0.3, -0.25) is 4.99 Å². The van der Waals surface area contributed by atoms with Crippen LogP contribution >= 0.6 is 0 Å². The van der Waals surface area contributed by atoms with Crippen LogP contribution in [-0.4, -0.2) is 12.3 Å². The highest BCUT2D eigenvalue weighted by atomic mass is 19.1. The van der Waals surface area contributed by atoms with Crippen molar-refractivity contribution in [1.82, 2.24) is 0 Å². The zero-order chi connectivity index (χ0) is 13.8. The van der Waals surface area contributed by atoms with Crippen molar-refractivity contribution in [2.24, 2.45) is 4.99 Å². The smallest absolute Gasteiger partial charge is 0.123 e. The van der Waals surface area contributed by atoms with Crippen LogP contribution in [0.1, 0.15) is 25.0 Å². The quantitative estimate of drug-likeness (QED) is 0.709. The third kappa shape index (κ3) is 3.28. The molecule has 2 aromatic carbocycles. The van der Waals surface area contributed by atoms with Gasteiger partial charge in [0.25, 0.3) is 0 Å². The molecule has 0 saturated carbocycles.